The minimum Gasteiger partial charge on any atom is -0.480 e. The van der Waals surface area contributed by atoms with Gasteiger partial charge in [0.05, 0.1) is 5.60 Å². The zero-order chi connectivity index (χ0) is 30.3. The number of nitrogens with zero attached hydrogens (tertiary/aromatic N) is 1. The van der Waals surface area contributed by atoms with Crippen molar-refractivity contribution >= 4 is 18.0 Å². The molecule has 0 aliphatic heterocycles. The average Bonchev–Trinajstić information content (AvgIpc) is 3.29. The van der Waals surface area contributed by atoms with E-state index in [1.165, 1.54) is 7.11 Å². The lowest BCUT2D eigenvalue weighted by Crippen LogP contribution is -2.56. The van der Waals surface area contributed by atoms with Gasteiger partial charge in [0.1, 0.15) is 18.7 Å². The second-order valence-electron chi connectivity index (χ2n) is 11.3. The van der Waals surface area contributed by atoms with E-state index in [0.29, 0.717) is 6.54 Å². The number of carboxylic acids is 1. The van der Waals surface area contributed by atoms with Crippen LogP contribution in [0.15, 0.2) is 78.9 Å². The van der Waals surface area contributed by atoms with Crippen molar-refractivity contribution < 1.29 is 29.0 Å². The second-order valence-corrected chi connectivity index (χ2v) is 11.3. The molecule has 3 aromatic carbocycles. The molecule has 9 heteroatoms. The highest BCUT2D eigenvalue weighted by Crippen LogP contribution is 2.44. The van der Waals surface area contributed by atoms with Crippen LogP contribution in [0.25, 0.3) is 11.1 Å². The standard InChI is InChI=1S/C33H39N3O6/c1-33(2,41-4)18-28(30(37)34-29(31(38)39)20-36(3)19-22-12-6-5-7-13-22)35-32(40)42-21-27-25-16-10-8-14-23(25)24-15-9-11-17-26(24)27/h5-17,27-29H,18-21H2,1-4H3,(H,34,37)(H,35,40)(H,38,39). The fourth-order valence-corrected chi connectivity index (χ4v) is 5.30. The summed E-state index contributed by atoms with van der Waals surface area (Å²) < 4.78 is 11.2. The number of benzene rings is 3. The van der Waals surface area contributed by atoms with E-state index >= 15 is 0 Å². The number of carbonyl (C=O) groups excluding carboxylic acids is 2. The summed E-state index contributed by atoms with van der Waals surface area (Å²) in [5.74, 6) is -1.94. The predicted octanol–water partition coefficient (Wildman–Crippen LogP) is 4.41. The molecule has 0 bridgehead atoms. The summed E-state index contributed by atoms with van der Waals surface area (Å²) in [5, 5.41) is 15.1. The number of methoxy groups -OCH3 is 1. The molecule has 0 heterocycles. The summed E-state index contributed by atoms with van der Waals surface area (Å²) in [6.45, 7) is 4.24. The molecule has 0 aromatic heterocycles. The number of hydrogen-bond acceptors (Lipinski definition) is 6. The number of fused-ring (bicyclic) bond motifs is 3. The Balaban J connectivity index is 1.42. The molecule has 0 fully saturated rings. The van der Waals surface area contributed by atoms with E-state index in [2.05, 4.69) is 22.8 Å². The SMILES string of the molecule is COC(C)(C)CC(NC(=O)OCC1c2ccccc2-c2ccccc21)C(=O)NC(CN(C)Cc1ccccc1)C(=O)O. The van der Waals surface area contributed by atoms with Gasteiger partial charge in [-0.05, 0) is 48.7 Å². The van der Waals surface area contributed by atoms with Gasteiger partial charge in [0.25, 0.3) is 0 Å². The molecule has 2 amide bonds. The monoisotopic (exact) mass is 573 g/mol. The van der Waals surface area contributed by atoms with Crippen molar-refractivity contribution in [3.63, 3.8) is 0 Å². The lowest BCUT2D eigenvalue weighted by atomic mass is 9.97. The van der Waals surface area contributed by atoms with Crippen LogP contribution in [0.3, 0.4) is 0 Å². The van der Waals surface area contributed by atoms with E-state index in [0.717, 1.165) is 27.8 Å². The number of nitrogens with one attached hydrogen (secondary N) is 2. The van der Waals surface area contributed by atoms with Crippen LogP contribution in [0.2, 0.25) is 0 Å². The third-order valence-electron chi connectivity index (χ3n) is 7.60. The number of rotatable bonds is 13. The number of alkyl carbamates (subject to hydrolysis) is 1. The summed E-state index contributed by atoms with van der Waals surface area (Å²) in [7, 11) is 3.30. The van der Waals surface area contributed by atoms with Gasteiger partial charge in [-0.2, -0.15) is 0 Å². The lowest BCUT2D eigenvalue weighted by molar-refractivity contribution is -0.142. The second kappa shape index (κ2) is 13.6. The Kier molecular flexibility index (Phi) is 9.98. The molecular formula is C33H39N3O6. The lowest BCUT2D eigenvalue weighted by Gasteiger charge is -2.30. The molecule has 0 saturated carbocycles. The molecule has 0 spiro atoms. The van der Waals surface area contributed by atoms with Gasteiger partial charge in [0, 0.05) is 32.5 Å². The van der Waals surface area contributed by atoms with Gasteiger partial charge in [-0.3, -0.25) is 9.69 Å². The Morgan fingerprint density at radius 1 is 0.881 bits per heavy atom. The Morgan fingerprint density at radius 2 is 1.45 bits per heavy atom. The molecule has 0 saturated heterocycles. The third kappa shape index (κ3) is 7.74. The topological polar surface area (TPSA) is 117 Å². The minimum atomic E-state index is -1.19. The normalized spacial score (nSPS) is 14.0. The quantitative estimate of drug-likeness (QED) is 0.277. The van der Waals surface area contributed by atoms with Crippen LogP contribution in [-0.2, 0) is 25.6 Å². The largest absolute Gasteiger partial charge is 0.480 e. The highest BCUT2D eigenvalue weighted by Gasteiger charge is 2.34. The minimum absolute atomic E-state index is 0.0707. The van der Waals surface area contributed by atoms with Crippen LogP contribution in [0, 0.1) is 0 Å². The van der Waals surface area contributed by atoms with E-state index in [1.54, 1.807) is 20.9 Å². The molecule has 3 aromatic rings. The first-order valence-corrected chi connectivity index (χ1v) is 14.0. The van der Waals surface area contributed by atoms with E-state index in [1.807, 2.05) is 71.6 Å². The smallest absolute Gasteiger partial charge is 0.407 e. The number of amides is 2. The Bertz CT molecular complexity index is 1350. The first kappa shape index (κ1) is 30.7. The van der Waals surface area contributed by atoms with Crippen LogP contribution in [0.5, 0.6) is 0 Å². The highest BCUT2D eigenvalue weighted by molar-refractivity contribution is 5.89. The molecule has 1 aliphatic carbocycles. The number of hydrogen-bond donors (Lipinski definition) is 3. The van der Waals surface area contributed by atoms with Gasteiger partial charge in [-0.25, -0.2) is 9.59 Å². The number of likely N-dealkylation sites (N-methyl/N-ethyl adjacent to an activating group) is 1. The summed E-state index contributed by atoms with van der Waals surface area (Å²) >= 11 is 0. The molecule has 4 rings (SSSR count). The predicted molar refractivity (Wildman–Crippen MR) is 160 cm³/mol. The first-order chi connectivity index (χ1) is 20.1. The van der Waals surface area contributed by atoms with Crippen LogP contribution >= 0.6 is 0 Å². The van der Waals surface area contributed by atoms with Gasteiger partial charge in [0.2, 0.25) is 5.91 Å². The van der Waals surface area contributed by atoms with Crippen molar-refractivity contribution in [3.05, 3.63) is 95.6 Å². The zero-order valence-electron chi connectivity index (χ0n) is 24.5. The molecule has 0 radical (unpaired) electrons. The van der Waals surface area contributed by atoms with Crippen LogP contribution < -0.4 is 10.6 Å². The van der Waals surface area contributed by atoms with Crippen molar-refractivity contribution in [2.24, 2.45) is 0 Å². The molecule has 2 atom stereocenters. The molecule has 2 unspecified atom stereocenters. The summed E-state index contributed by atoms with van der Waals surface area (Å²) in [5.41, 5.74) is 4.61. The van der Waals surface area contributed by atoms with Crippen LogP contribution in [-0.4, -0.2) is 73.0 Å². The molecule has 3 N–H and O–H groups in total. The van der Waals surface area contributed by atoms with Crippen molar-refractivity contribution in [1.29, 1.82) is 0 Å². The van der Waals surface area contributed by atoms with E-state index in [4.69, 9.17) is 9.47 Å². The van der Waals surface area contributed by atoms with Crippen molar-refractivity contribution in [3.8, 4) is 11.1 Å². The van der Waals surface area contributed by atoms with Gasteiger partial charge in [0.15, 0.2) is 0 Å². The van der Waals surface area contributed by atoms with Crippen molar-refractivity contribution in [2.75, 3.05) is 27.3 Å². The summed E-state index contributed by atoms with van der Waals surface area (Å²) in [4.78, 5) is 40.3. The number of carboxylic acid groups (broad SMARTS) is 1. The maximum Gasteiger partial charge on any atom is 0.407 e. The van der Waals surface area contributed by atoms with Gasteiger partial charge in [-0.1, -0.05) is 78.9 Å². The van der Waals surface area contributed by atoms with Crippen molar-refractivity contribution in [2.45, 2.75) is 50.4 Å². The van der Waals surface area contributed by atoms with Gasteiger partial charge in [-0.15, -0.1) is 0 Å². The Morgan fingerprint density at radius 3 is 2.02 bits per heavy atom. The Labute approximate surface area is 246 Å². The first-order valence-electron chi connectivity index (χ1n) is 14.0. The van der Waals surface area contributed by atoms with Gasteiger partial charge < -0.3 is 25.2 Å². The molecular weight excluding hydrogens is 534 g/mol. The fourth-order valence-electron chi connectivity index (χ4n) is 5.30. The van der Waals surface area contributed by atoms with Crippen LogP contribution in [0.1, 0.15) is 42.9 Å². The highest BCUT2D eigenvalue weighted by atomic mass is 16.5. The molecule has 1 aliphatic rings. The summed E-state index contributed by atoms with van der Waals surface area (Å²) in [6, 6.07) is 23.4. The van der Waals surface area contributed by atoms with Gasteiger partial charge >= 0.3 is 12.1 Å². The van der Waals surface area contributed by atoms with E-state index in [9.17, 15) is 19.5 Å². The van der Waals surface area contributed by atoms with Crippen LogP contribution in [0.4, 0.5) is 4.79 Å². The third-order valence-corrected chi connectivity index (χ3v) is 7.60. The number of carbonyl (C=O) groups is 3. The maximum atomic E-state index is 13.4. The number of ether oxygens (including phenoxy) is 2. The van der Waals surface area contributed by atoms with E-state index in [-0.39, 0.29) is 25.5 Å². The maximum absolute atomic E-state index is 13.4. The Hall–Kier alpha value is -4.21. The molecule has 222 valence electrons. The average molecular weight is 574 g/mol. The number of aliphatic carboxylic acids is 1. The zero-order valence-corrected chi connectivity index (χ0v) is 24.5. The van der Waals surface area contributed by atoms with Crippen molar-refractivity contribution in [1.82, 2.24) is 15.5 Å². The molecule has 42 heavy (non-hydrogen) atoms. The summed E-state index contributed by atoms with van der Waals surface area (Å²) in [6.07, 6.45) is -0.664. The van der Waals surface area contributed by atoms with E-state index < -0.39 is 35.7 Å². The fraction of sp³-hybridized carbons (Fsp3) is 0.364. The molecule has 9 nitrogen and oxygen atoms in total.